The maximum Gasteiger partial charge on any atom is 0.416 e. The molecule has 1 saturated carbocycles. The molecular formula is C12H11F6N. The second-order valence-corrected chi connectivity index (χ2v) is 4.55. The van der Waals surface area contributed by atoms with E-state index in [1.54, 1.807) is 0 Å². The van der Waals surface area contributed by atoms with Crippen LogP contribution in [0.15, 0.2) is 24.3 Å². The Kier molecular flexibility index (Phi) is 3.40. The van der Waals surface area contributed by atoms with Crippen molar-refractivity contribution in [3.8, 4) is 0 Å². The number of hydrogen-bond donors (Lipinski definition) is 1. The first-order chi connectivity index (χ1) is 8.68. The molecule has 1 fully saturated rings. The Labute approximate surface area is 105 Å². The van der Waals surface area contributed by atoms with Crippen molar-refractivity contribution in [3.63, 3.8) is 0 Å². The summed E-state index contributed by atoms with van der Waals surface area (Å²) < 4.78 is 74.4. The average Bonchev–Trinajstić information content (AvgIpc) is 2.21. The van der Waals surface area contributed by atoms with E-state index < -0.39 is 29.9 Å². The normalized spacial score (nSPS) is 23.9. The molecule has 1 aromatic rings. The van der Waals surface area contributed by atoms with E-state index in [9.17, 15) is 26.3 Å². The SMILES string of the molecule is FC(F)(F)c1ccc(NC2CC[C@@H]2C(F)(F)F)cc1. The number of anilines is 1. The van der Waals surface area contributed by atoms with Crippen molar-refractivity contribution in [1.29, 1.82) is 0 Å². The molecule has 19 heavy (non-hydrogen) atoms. The summed E-state index contributed by atoms with van der Waals surface area (Å²) in [5, 5.41) is 2.63. The largest absolute Gasteiger partial charge is 0.416 e. The van der Waals surface area contributed by atoms with Gasteiger partial charge in [0.05, 0.1) is 11.5 Å². The van der Waals surface area contributed by atoms with E-state index in [2.05, 4.69) is 5.32 Å². The molecule has 1 unspecified atom stereocenters. The molecule has 1 aliphatic carbocycles. The second kappa shape index (κ2) is 4.61. The summed E-state index contributed by atoms with van der Waals surface area (Å²) in [6.45, 7) is 0. The third kappa shape index (κ3) is 3.13. The zero-order valence-corrected chi connectivity index (χ0v) is 9.65. The van der Waals surface area contributed by atoms with E-state index in [1.807, 2.05) is 0 Å². The minimum absolute atomic E-state index is 0.0573. The Hall–Kier alpha value is -1.40. The van der Waals surface area contributed by atoms with E-state index in [-0.39, 0.29) is 12.1 Å². The fourth-order valence-corrected chi connectivity index (χ4v) is 2.03. The molecule has 0 aromatic heterocycles. The quantitative estimate of drug-likeness (QED) is 0.790. The van der Waals surface area contributed by atoms with Gasteiger partial charge in [-0.3, -0.25) is 0 Å². The van der Waals surface area contributed by atoms with Gasteiger partial charge >= 0.3 is 12.4 Å². The number of alkyl halides is 6. The molecule has 1 aromatic carbocycles. The molecule has 0 aliphatic heterocycles. The van der Waals surface area contributed by atoms with Gasteiger partial charge in [0.1, 0.15) is 0 Å². The average molecular weight is 283 g/mol. The van der Waals surface area contributed by atoms with E-state index in [0.717, 1.165) is 24.3 Å². The van der Waals surface area contributed by atoms with Crippen LogP contribution in [0, 0.1) is 5.92 Å². The molecule has 0 saturated heterocycles. The van der Waals surface area contributed by atoms with Crippen molar-refractivity contribution in [2.24, 2.45) is 5.92 Å². The molecule has 0 amide bonds. The minimum Gasteiger partial charge on any atom is -0.382 e. The van der Waals surface area contributed by atoms with Crippen LogP contribution in [0.4, 0.5) is 32.0 Å². The third-order valence-electron chi connectivity index (χ3n) is 3.26. The number of hydrogen-bond acceptors (Lipinski definition) is 1. The lowest BCUT2D eigenvalue weighted by atomic mass is 9.79. The Morgan fingerprint density at radius 1 is 0.895 bits per heavy atom. The van der Waals surface area contributed by atoms with Gasteiger partial charge in [-0.25, -0.2) is 0 Å². The minimum atomic E-state index is -4.44. The number of rotatable bonds is 2. The molecule has 106 valence electrons. The van der Waals surface area contributed by atoms with Gasteiger partial charge < -0.3 is 5.32 Å². The van der Waals surface area contributed by atoms with E-state index in [1.165, 1.54) is 0 Å². The molecule has 1 N–H and O–H groups in total. The molecule has 1 aliphatic rings. The molecule has 0 spiro atoms. The first kappa shape index (κ1) is 14.0. The van der Waals surface area contributed by atoms with Crippen LogP contribution in [-0.4, -0.2) is 12.2 Å². The Morgan fingerprint density at radius 2 is 1.47 bits per heavy atom. The fourth-order valence-electron chi connectivity index (χ4n) is 2.03. The van der Waals surface area contributed by atoms with Gasteiger partial charge in [-0.2, -0.15) is 26.3 Å². The highest BCUT2D eigenvalue weighted by molar-refractivity contribution is 5.46. The van der Waals surface area contributed by atoms with Crippen molar-refractivity contribution in [3.05, 3.63) is 29.8 Å². The van der Waals surface area contributed by atoms with Crippen LogP contribution in [0.25, 0.3) is 0 Å². The maximum atomic E-state index is 12.5. The highest BCUT2D eigenvalue weighted by atomic mass is 19.4. The summed E-state index contributed by atoms with van der Waals surface area (Å²) in [6, 6.07) is 3.24. The van der Waals surface area contributed by atoms with Crippen LogP contribution < -0.4 is 5.32 Å². The van der Waals surface area contributed by atoms with Crippen LogP contribution in [0.3, 0.4) is 0 Å². The van der Waals surface area contributed by atoms with Crippen molar-refractivity contribution < 1.29 is 26.3 Å². The van der Waals surface area contributed by atoms with Crippen LogP contribution in [-0.2, 0) is 6.18 Å². The number of nitrogens with one attached hydrogen (secondary N) is 1. The summed E-state index contributed by atoms with van der Waals surface area (Å²) in [4.78, 5) is 0. The number of benzene rings is 1. The maximum absolute atomic E-state index is 12.5. The molecule has 2 rings (SSSR count). The van der Waals surface area contributed by atoms with Crippen molar-refractivity contribution >= 4 is 5.69 Å². The standard InChI is InChI=1S/C12H11F6N/c13-11(14,15)7-1-3-8(4-2-7)19-10-6-5-9(10)12(16,17)18/h1-4,9-10,19H,5-6H2/t9-,10?/m0/s1. The Balaban J connectivity index is 2.01. The predicted octanol–water partition coefficient (Wildman–Crippen LogP) is 4.46. The summed E-state index contributed by atoms with van der Waals surface area (Å²) in [6.07, 6.45) is -8.28. The van der Waals surface area contributed by atoms with Gasteiger partial charge in [-0.15, -0.1) is 0 Å². The topological polar surface area (TPSA) is 12.0 Å². The first-order valence-electron chi connectivity index (χ1n) is 5.68. The lowest BCUT2D eigenvalue weighted by Crippen LogP contribution is -2.46. The molecule has 0 bridgehead atoms. The van der Waals surface area contributed by atoms with E-state index in [4.69, 9.17) is 0 Å². The van der Waals surface area contributed by atoms with Gasteiger partial charge in [0.15, 0.2) is 0 Å². The van der Waals surface area contributed by atoms with Crippen LogP contribution in [0.5, 0.6) is 0 Å². The van der Waals surface area contributed by atoms with Crippen molar-refractivity contribution in [1.82, 2.24) is 0 Å². The second-order valence-electron chi connectivity index (χ2n) is 4.55. The smallest absolute Gasteiger partial charge is 0.382 e. The predicted molar refractivity (Wildman–Crippen MR) is 57.6 cm³/mol. The molecule has 0 radical (unpaired) electrons. The zero-order chi connectivity index (χ0) is 14.3. The summed E-state index contributed by atoms with van der Waals surface area (Å²) in [7, 11) is 0. The number of halogens is 6. The van der Waals surface area contributed by atoms with Crippen molar-refractivity contribution in [2.75, 3.05) is 5.32 Å². The fraction of sp³-hybridized carbons (Fsp3) is 0.500. The molecule has 1 nitrogen and oxygen atoms in total. The third-order valence-corrected chi connectivity index (χ3v) is 3.26. The highest BCUT2D eigenvalue weighted by Gasteiger charge is 2.49. The van der Waals surface area contributed by atoms with E-state index >= 15 is 0 Å². The highest BCUT2D eigenvalue weighted by Crippen LogP contribution is 2.42. The van der Waals surface area contributed by atoms with Crippen LogP contribution in [0.2, 0.25) is 0 Å². The Bertz CT molecular complexity index is 433. The van der Waals surface area contributed by atoms with Crippen LogP contribution >= 0.6 is 0 Å². The van der Waals surface area contributed by atoms with E-state index in [0.29, 0.717) is 6.42 Å². The van der Waals surface area contributed by atoms with Gasteiger partial charge in [-0.1, -0.05) is 0 Å². The molecule has 7 heteroatoms. The zero-order valence-electron chi connectivity index (χ0n) is 9.65. The summed E-state index contributed by atoms with van der Waals surface area (Å²) in [5.41, 5.74) is -0.550. The van der Waals surface area contributed by atoms with Gasteiger partial charge in [0.25, 0.3) is 0 Å². The Morgan fingerprint density at radius 3 is 1.84 bits per heavy atom. The van der Waals surface area contributed by atoms with Gasteiger partial charge in [-0.05, 0) is 37.1 Å². The van der Waals surface area contributed by atoms with Gasteiger partial charge in [0.2, 0.25) is 0 Å². The van der Waals surface area contributed by atoms with Gasteiger partial charge in [0, 0.05) is 11.7 Å². The molecular weight excluding hydrogens is 272 g/mol. The first-order valence-corrected chi connectivity index (χ1v) is 5.68. The monoisotopic (exact) mass is 283 g/mol. The lowest BCUT2D eigenvalue weighted by Gasteiger charge is -2.38. The summed E-state index contributed by atoms with van der Waals surface area (Å²) >= 11 is 0. The summed E-state index contributed by atoms with van der Waals surface area (Å²) in [5.74, 6) is -1.42. The molecule has 0 heterocycles. The lowest BCUT2D eigenvalue weighted by molar-refractivity contribution is -0.196. The van der Waals surface area contributed by atoms with Crippen LogP contribution in [0.1, 0.15) is 18.4 Å². The molecule has 2 atom stereocenters. The van der Waals surface area contributed by atoms with Crippen molar-refractivity contribution in [2.45, 2.75) is 31.2 Å².